The lowest BCUT2D eigenvalue weighted by atomic mass is 9.79. The smallest absolute Gasteiger partial charge is 0.310 e. The zero-order chi connectivity index (χ0) is 21.0. The van der Waals surface area contributed by atoms with Crippen molar-refractivity contribution in [1.82, 2.24) is 0 Å². The van der Waals surface area contributed by atoms with Crippen molar-refractivity contribution in [3.8, 4) is 0 Å². The van der Waals surface area contributed by atoms with Gasteiger partial charge in [0, 0.05) is 22.9 Å². The zero-order valence-corrected chi connectivity index (χ0v) is 17.0. The fourth-order valence-corrected chi connectivity index (χ4v) is 5.41. The van der Waals surface area contributed by atoms with Crippen LogP contribution in [0.4, 0.5) is 11.4 Å². The molecule has 0 aromatic heterocycles. The van der Waals surface area contributed by atoms with Crippen LogP contribution in [0, 0.1) is 37.5 Å². The molecule has 3 aliphatic rings. The highest BCUT2D eigenvalue weighted by molar-refractivity contribution is 6.06. The predicted octanol–water partition coefficient (Wildman–Crippen LogP) is 3.69. The average Bonchev–Trinajstić information content (AvgIpc) is 3.34. The van der Waals surface area contributed by atoms with Gasteiger partial charge in [0.25, 0.3) is 5.91 Å². The van der Waals surface area contributed by atoms with E-state index in [2.05, 4.69) is 10.6 Å². The minimum atomic E-state index is -0.339. The molecule has 0 unspecified atom stereocenters. The van der Waals surface area contributed by atoms with Crippen molar-refractivity contribution in [2.45, 2.75) is 32.8 Å². The number of hydrogen-bond acceptors (Lipinski definition) is 4. The first-order valence-corrected chi connectivity index (χ1v) is 10.4. The maximum absolute atomic E-state index is 13.0. The van der Waals surface area contributed by atoms with E-state index in [-0.39, 0.29) is 47.6 Å². The summed E-state index contributed by atoms with van der Waals surface area (Å²) in [6.07, 6.45) is 1.68. The first kappa shape index (κ1) is 18.9. The third-order valence-corrected chi connectivity index (χ3v) is 7.03. The zero-order valence-electron chi connectivity index (χ0n) is 17.0. The molecule has 30 heavy (non-hydrogen) atoms. The van der Waals surface area contributed by atoms with Gasteiger partial charge in [0.05, 0.1) is 11.8 Å². The van der Waals surface area contributed by atoms with Crippen molar-refractivity contribution < 1.29 is 19.1 Å². The highest BCUT2D eigenvalue weighted by atomic mass is 16.6. The van der Waals surface area contributed by atoms with Crippen LogP contribution >= 0.6 is 0 Å². The quantitative estimate of drug-likeness (QED) is 0.761. The van der Waals surface area contributed by atoms with Gasteiger partial charge in [-0.1, -0.05) is 18.2 Å². The molecule has 3 fully saturated rings. The lowest BCUT2D eigenvalue weighted by Crippen LogP contribution is -2.35. The molecule has 154 valence electrons. The molecular formula is C24H24N2O4. The molecular weight excluding hydrogens is 380 g/mol. The van der Waals surface area contributed by atoms with Crippen molar-refractivity contribution in [2.75, 3.05) is 10.6 Å². The third kappa shape index (κ3) is 2.98. The summed E-state index contributed by atoms with van der Waals surface area (Å²) >= 11 is 0. The molecule has 2 N–H and O–H groups in total. The van der Waals surface area contributed by atoms with Gasteiger partial charge in [-0.3, -0.25) is 14.4 Å². The van der Waals surface area contributed by atoms with Gasteiger partial charge in [-0.2, -0.15) is 0 Å². The Balaban J connectivity index is 1.31. The van der Waals surface area contributed by atoms with Gasteiger partial charge in [-0.15, -0.1) is 0 Å². The third-order valence-electron chi connectivity index (χ3n) is 7.03. The van der Waals surface area contributed by atoms with Crippen LogP contribution in [0.5, 0.6) is 0 Å². The lowest BCUT2D eigenvalue weighted by molar-refractivity contribution is -0.145. The second kappa shape index (κ2) is 6.97. The Kier molecular flexibility index (Phi) is 4.38. The van der Waals surface area contributed by atoms with E-state index in [0.717, 1.165) is 29.7 Å². The number of benzene rings is 2. The largest absolute Gasteiger partial charge is 0.462 e. The second-order valence-electron chi connectivity index (χ2n) is 8.69. The Morgan fingerprint density at radius 2 is 1.83 bits per heavy atom. The molecule has 1 aliphatic heterocycles. The Morgan fingerprint density at radius 1 is 1.03 bits per heavy atom. The van der Waals surface area contributed by atoms with Crippen LogP contribution in [-0.2, 0) is 14.3 Å². The fraction of sp³-hybridized carbons (Fsp3) is 0.375. The summed E-state index contributed by atoms with van der Waals surface area (Å²) in [6.45, 7) is 3.97. The number of anilines is 2. The number of carbonyl (C=O) groups is 3. The summed E-state index contributed by atoms with van der Waals surface area (Å²) in [5.41, 5.74) is 3.91. The van der Waals surface area contributed by atoms with Crippen molar-refractivity contribution in [3.63, 3.8) is 0 Å². The Morgan fingerprint density at radius 3 is 2.67 bits per heavy atom. The lowest BCUT2D eigenvalue weighted by Gasteiger charge is -2.23. The molecule has 5 atom stereocenters. The van der Waals surface area contributed by atoms with E-state index in [1.165, 1.54) is 0 Å². The van der Waals surface area contributed by atoms with Gasteiger partial charge < -0.3 is 15.4 Å². The molecule has 2 saturated carbocycles. The van der Waals surface area contributed by atoms with Crippen LogP contribution < -0.4 is 10.6 Å². The van der Waals surface area contributed by atoms with Crippen LogP contribution in [0.2, 0.25) is 0 Å². The number of nitrogens with one attached hydrogen (secondary N) is 2. The number of esters is 1. The molecule has 2 aromatic rings. The van der Waals surface area contributed by atoms with Gasteiger partial charge >= 0.3 is 5.97 Å². The van der Waals surface area contributed by atoms with Crippen LogP contribution in [0.15, 0.2) is 42.5 Å². The standard InChI is InChI=1S/C24H24N2O4/c1-12-5-3-8-18(13(12)2)26-22(27)14-6-4-7-16(9-14)25-23(28)20-15-10-17-19(11-15)30-24(29)21(17)20/h3-9,15,17,19-21H,10-11H2,1-2H3,(H,25,28)(H,26,27)/t15-,17+,19-,20+,21+/m1/s1. The number of fused-ring (bicyclic) bond motifs is 1. The van der Waals surface area contributed by atoms with Crippen molar-refractivity contribution in [3.05, 3.63) is 59.2 Å². The normalized spacial score (nSPS) is 28.3. The SMILES string of the molecule is Cc1cccc(NC(=O)c2cccc(NC(=O)[C@H]3[C@@H]4C[C@@H]5[C@@H]3C(=O)O[C@@H]5C4)c2)c1C. The Labute approximate surface area is 175 Å². The Hall–Kier alpha value is -3.15. The van der Waals surface area contributed by atoms with E-state index < -0.39 is 0 Å². The van der Waals surface area contributed by atoms with Crippen molar-refractivity contribution in [2.24, 2.45) is 23.7 Å². The van der Waals surface area contributed by atoms with Crippen molar-refractivity contribution >= 4 is 29.2 Å². The summed E-state index contributed by atoms with van der Waals surface area (Å²) in [5, 5.41) is 5.86. The van der Waals surface area contributed by atoms with Crippen LogP contribution in [0.3, 0.4) is 0 Å². The van der Waals surface area contributed by atoms with Crippen LogP contribution in [0.25, 0.3) is 0 Å². The minimum absolute atomic E-state index is 0.00801. The summed E-state index contributed by atoms with van der Waals surface area (Å²) in [7, 11) is 0. The van der Waals surface area contributed by atoms with E-state index in [0.29, 0.717) is 11.3 Å². The molecule has 5 rings (SSSR count). The molecule has 6 nitrogen and oxygen atoms in total. The highest BCUT2D eigenvalue weighted by Gasteiger charge is 2.63. The summed E-state index contributed by atoms with van der Waals surface area (Å²) in [4.78, 5) is 37.9. The molecule has 2 amide bonds. The number of aryl methyl sites for hydroxylation is 1. The first-order chi connectivity index (χ1) is 14.4. The maximum Gasteiger partial charge on any atom is 0.310 e. The summed E-state index contributed by atoms with van der Waals surface area (Å²) in [5.74, 6) is -0.885. The monoisotopic (exact) mass is 404 g/mol. The van der Waals surface area contributed by atoms with Gasteiger partial charge in [0.1, 0.15) is 6.10 Å². The van der Waals surface area contributed by atoms with E-state index >= 15 is 0 Å². The van der Waals surface area contributed by atoms with Gasteiger partial charge in [-0.25, -0.2) is 0 Å². The Bertz CT molecular complexity index is 1060. The molecule has 1 saturated heterocycles. The number of amides is 2. The maximum atomic E-state index is 13.0. The summed E-state index contributed by atoms with van der Waals surface area (Å²) in [6, 6.07) is 12.7. The number of rotatable bonds is 4. The minimum Gasteiger partial charge on any atom is -0.462 e. The molecule has 6 heteroatoms. The van der Waals surface area contributed by atoms with Crippen LogP contribution in [-0.4, -0.2) is 23.9 Å². The molecule has 2 aromatic carbocycles. The molecule has 2 aliphatic carbocycles. The van der Waals surface area contributed by atoms with Crippen LogP contribution in [0.1, 0.15) is 34.3 Å². The molecule has 0 spiro atoms. The van der Waals surface area contributed by atoms with Crippen molar-refractivity contribution in [1.29, 1.82) is 0 Å². The highest BCUT2D eigenvalue weighted by Crippen LogP contribution is 2.57. The first-order valence-electron chi connectivity index (χ1n) is 10.4. The number of ether oxygens (including phenoxy) is 1. The van der Waals surface area contributed by atoms with E-state index in [9.17, 15) is 14.4 Å². The van der Waals surface area contributed by atoms with Gasteiger partial charge in [0.2, 0.25) is 5.91 Å². The van der Waals surface area contributed by atoms with Gasteiger partial charge in [-0.05, 0) is 68.0 Å². The molecule has 1 heterocycles. The van der Waals surface area contributed by atoms with Gasteiger partial charge in [0.15, 0.2) is 0 Å². The van der Waals surface area contributed by atoms with E-state index in [1.54, 1.807) is 24.3 Å². The average molecular weight is 404 g/mol. The molecule has 0 radical (unpaired) electrons. The second-order valence-corrected chi connectivity index (χ2v) is 8.69. The topological polar surface area (TPSA) is 84.5 Å². The van der Waals surface area contributed by atoms with E-state index in [1.807, 2.05) is 32.0 Å². The fourth-order valence-electron chi connectivity index (χ4n) is 5.41. The molecule has 2 bridgehead atoms. The predicted molar refractivity (Wildman–Crippen MR) is 112 cm³/mol. The van der Waals surface area contributed by atoms with E-state index in [4.69, 9.17) is 4.74 Å². The summed E-state index contributed by atoms with van der Waals surface area (Å²) < 4.78 is 5.42. The number of carbonyl (C=O) groups excluding carboxylic acids is 3. The number of hydrogen-bond donors (Lipinski definition) is 2.